The summed E-state index contributed by atoms with van der Waals surface area (Å²) < 4.78 is 0. The van der Waals surface area contributed by atoms with Gasteiger partial charge in [-0.05, 0) is 30.4 Å². The number of hydrogen-bond acceptors (Lipinski definition) is 3. The first-order chi connectivity index (χ1) is 6.81. The zero-order valence-corrected chi connectivity index (χ0v) is 9.93. The molecule has 2 fully saturated rings. The first-order valence-corrected chi connectivity index (χ1v) is 7.02. The lowest BCUT2D eigenvalue weighted by Gasteiger charge is -2.17. The Labute approximate surface area is 91.6 Å². The van der Waals surface area contributed by atoms with Crippen LogP contribution in [0.4, 0.5) is 0 Å². The Morgan fingerprint density at radius 2 is 2.21 bits per heavy atom. The number of rotatable bonds is 4. The van der Waals surface area contributed by atoms with E-state index in [2.05, 4.69) is 23.6 Å². The molecule has 0 aromatic rings. The number of nitrogens with two attached hydrogens (primary N) is 1. The largest absolute Gasteiger partial charge is 0.327 e. The molecular weight excluding hydrogens is 192 g/mol. The SMILES string of the molecule is CCSCCN1CC2CCC(N)C2C1. The van der Waals surface area contributed by atoms with Crippen LogP contribution in [0.2, 0.25) is 0 Å². The lowest BCUT2D eigenvalue weighted by atomic mass is 9.98. The molecule has 0 spiro atoms. The van der Waals surface area contributed by atoms with Crippen LogP contribution >= 0.6 is 11.8 Å². The number of likely N-dealkylation sites (tertiary alicyclic amines) is 1. The van der Waals surface area contributed by atoms with Gasteiger partial charge in [0.15, 0.2) is 0 Å². The van der Waals surface area contributed by atoms with Crippen LogP contribution in [0.25, 0.3) is 0 Å². The number of thioether (sulfide) groups is 1. The summed E-state index contributed by atoms with van der Waals surface area (Å²) in [4.78, 5) is 2.62. The number of fused-ring (bicyclic) bond motifs is 1. The van der Waals surface area contributed by atoms with E-state index in [4.69, 9.17) is 5.73 Å². The van der Waals surface area contributed by atoms with E-state index in [-0.39, 0.29) is 0 Å². The summed E-state index contributed by atoms with van der Waals surface area (Å²) in [7, 11) is 0. The van der Waals surface area contributed by atoms with Crippen LogP contribution in [0.3, 0.4) is 0 Å². The van der Waals surface area contributed by atoms with Gasteiger partial charge >= 0.3 is 0 Å². The molecular formula is C11H22N2S. The molecule has 2 nitrogen and oxygen atoms in total. The lowest BCUT2D eigenvalue weighted by Crippen LogP contribution is -2.31. The van der Waals surface area contributed by atoms with E-state index in [9.17, 15) is 0 Å². The van der Waals surface area contributed by atoms with Gasteiger partial charge < -0.3 is 10.6 Å². The second kappa shape index (κ2) is 4.86. The van der Waals surface area contributed by atoms with E-state index in [1.807, 2.05) is 0 Å². The first kappa shape index (κ1) is 10.8. The Kier molecular flexibility index (Phi) is 3.74. The second-order valence-electron chi connectivity index (χ2n) is 4.62. The zero-order valence-electron chi connectivity index (χ0n) is 9.11. The summed E-state index contributed by atoms with van der Waals surface area (Å²) in [6, 6.07) is 0.504. The average molecular weight is 214 g/mol. The highest BCUT2D eigenvalue weighted by Crippen LogP contribution is 2.36. The minimum absolute atomic E-state index is 0.504. The Balaban J connectivity index is 1.72. The van der Waals surface area contributed by atoms with Gasteiger partial charge in [0.2, 0.25) is 0 Å². The second-order valence-corrected chi connectivity index (χ2v) is 6.02. The molecule has 3 atom stereocenters. The van der Waals surface area contributed by atoms with Crippen LogP contribution < -0.4 is 5.73 Å². The maximum atomic E-state index is 6.11. The lowest BCUT2D eigenvalue weighted by molar-refractivity contribution is 0.324. The summed E-state index contributed by atoms with van der Waals surface area (Å²) in [5.74, 6) is 4.30. The van der Waals surface area contributed by atoms with Crippen molar-refractivity contribution in [2.45, 2.75) is 25.8 Å². The van der Waals surface area contributed by atoms with Gasteiger partial charge in [-0.1, -0.05) is 6.92 Å². The van der Waals surface area contributed by atoms with E-state index < -0.39 is 0 Å². The van der Waals surface area contributed by atoms with Crippen LogP contribution in [0.5, 0.6) is 0 Å². The number of hydrogen-bond donors (Lipinski definition) is 1. The molecule has 0 aromatic carbocycles. The van der Waals surface area contributed by atoms with E-state index in [1.165, 1.54) is 44.0 Å². The van der Waals surface area contributed by atoms with Gasteiger partial charge in [-0.2, -0.15) is 11.8 Å². The third-order valence-corrected chi connectivity index (χ3v) is 4.62. The first-order valence-electron chi connectivity index (χ1n) is 5.87. The normalized spacial score (nSPS) is 37.7. The maximum Gasteiger partial charge on any atom is 0.00826 e. The molecule has 1 saturated carbocycles. The molecule has 3 heteroatoms. The van der Waals surface area contributed by atoms with E-state index in [0.717, 1.165) is 11.8 Å². The van der Waals surface area contributed by atoms with Crippen molar-refractivity contribution in [1.82, 2.24) is 4.90 Å². The summed E-state index contributed by atoms with van der Waals surface area (Å²) >= 11 is 2.05. The molecule has 14 heavy (non-hydrogen) atoms. The number of nitrogens with zero attached hydrogens (tertiary/aromatic N) is 1. The minimum Gasteiger partial charge on any atom is -0.327 e. The third kappa shape index (κ3) is 2.26. The zero-order chi connectivity index (χ0) is 9.97. The Morgan fingerprint density at radius 1 is 1.36 bits per heavy atom. The molecule has 2 rings (SSSR count). The standard InChI is InChI=1S/C11H22N2S/c1-2-14-6-5-13-7-9-3-4-11(12)10(9)8-13/h9-11H,2-8,12H2,1H3. The van der Waals surface area contributed by atoms with Crippen LogP contribution in [-0.2, 0) is 0 Å². The van der Waals surface area contributed by atoms with Gasteiger partial charge in [0.1, 0.15) is 0 Å². The van der Waals surface area contributed by atoms with E-state index >= 15 is 0 Å². The fourth-order valence-corrected chi connectivity index (χ4v) is 3.60. The predicted octanol–water partition coefficient (Wildman–Crippen LogP) is 1.41. The van der Waals surface area contributed by atoms with E-state index in [1.54, 1.807) is 0 Å². The van der Waals surface area contributed by atoms with Crippen LogP contribution in [0.1, 0.15) is 19.8 Å². The summed E-state index contributed by atoms with van der Waals surface area (Å²) in [5.41, 5.74) is 6.11. The summed E-state index contributed by atoms with van der Waals surface area (Å²) in [6.07, 6.45) is 2.65. The van der Waals surface area contributed by atoms with Crippen LogP contribution in [-0.4, -0.2) is 42.1 Å². The highest BCUT2D eigenvalue weighted by molar-refractivity contribution is 7.99. The average Bonchev–Trinajstić information content (AvgIpc) is 2.70. The minimum atomic E-state index is 0.504. The molecule has 3 unspecified atom stereocenters. The molecule has 1 saturated heterocycles. The fourth-order valence-electron chi connectivity index (χ4n) is 2.92. The third-order valence-electron chi connectivity index (χ3n) is 3.74. The fraction of sp³-hybridized carbons (Fsp3) is 1.00. The van der Waals surface area contributed by atoms with Gasteiger partial charge in [0.05, 0.1) is 0 Å². The van der Waals surface area contributed by atoms with Crippen LogP contribution in [0.15, 0.2) is 0 Å². The van der Waals surface area contributed by atoms with Gasteiger partial charge in [-0.25, -0.2) is 0 Å². The monoisotopic (exact) mass is 214 g/mol. The smallest absolute Gasteiger partial charge is 0.00826 e. The van der Waals surface area contributed by atoms with Crippen molar-refractivity contribution in [2.75, 3.05) is 31.1 Å². The molecule has 0 amide bonds. The quantitative estimate of drug-likeness (QED) is 0.718. The highest BCUT2D eigenvalue weighted by Gasteiger charge is 2.40. The van der Waals surface area contributed by atoms with Crippen LogP contribution in [0, 0.1) is 11.8 Å². The van der Waals surface area contributed by atoms with E-state index in [0.29, 0.717) is 6.04 Å². The van der Waals surface area contributed by atoms with Crippen molar-refractivity contribution in [1.29, 1.82) is 0 Å². The topological polar surface area (TPSA) is 29.3 Å². The maximum absolute atomic E-state index is 6.11. The molecule has 0 aromatic heterocycles. The molecule has 82 valence electrons. The Morgan fingerprint density at radius 3 is 2.93 bits per heavy atom. The van der Waals surface area contributed by atoms with Crippen molar-refractivity contribution in [3.05, 3.63) is 0 Å². The van der Waals surface area contributed by atoms with Gasteiger partial charge in [0.25, 0.3) is 0 Å². The molecule has 1 aliphatic carbocycles. The molecule has 1 heterocycles. The van der Waals surface area contributed by atoms with Gasteiger partial charge in [-0.3, -0.25) is 0 Å². The van der Waals surface area contributed by atoms with Crippen molar-refractivity contribution in [3.63, 3.8) is 0 Å². The molecule has 2 N–H and O–H groups in total. The Hall–Kier alpha value is 0.270. The molecule has 1 aliphatic heterocycles. The van der Waals surface area contributed by atoms with Crippen molar-refractivity contribution >= 4 is 11.8 Å². The summed E-state index contributed by atoms with van der Waals surface area (Å²) in [6.45, 7) is 6.11. The molecule has 0 bridgehead atoms. The summed E-state index contributed by atoms with van der Waals surface area (Å²) in [5, 5.41) is 0. The predicted molar refractivity (Wildman–Crippen MR) is 63.6 cm³/mol. The van der Waals surface area contributed by atoms with Gasteiger partial charge in [-0.15, -0.1) is 0 Å². The van der Waals surface area contributed by atoms with Crippen molar-refractivity contribution in [3.8, 4) is 0 Å². The highest BCUT2D eigenvalue weighted by atomic mass is 32.2. The van der Waals surface area contributed by atoms with Gasteiger partial charge in [0, 0.05) is 31.4 Å². The van der Waals surface area contributed by atoms with Crippen molar-refractivity contribution < 1.29 is 0 Å². The van der Waals surface area contributed by atoms with Crippen molar-refractivity contribution in [2.24, 2.45) is 17.6 Å². The molecule has 2 aliphatic rings. The molecule has 0 radical (unpaired) electrons. The Bertz CT molecular complexity index is 186.